The van der Waals surface area contributed by atoms with Crippen molar-refractivity contribution in [1.82, 2.24) is 9.78 Å². The largest absolute Gasteiger partial charge is 0.379 e. The molecule has 2 aromatic rings. The van der Waals surface area contributed by atoms with Crippen molar-refractivity contribution < 1.29 is 9.53 Å². The number of nitrogens with one attached hydrogen (secondary N) is 1. The second-order valence-electron chi connectivity index (χ2n) is 4.55. The van der Waals surface area contributed by atoms with Crippen molar-refractivity contribution in [3.8, 4) is 0 Å². The molecule has 2 heterocycles. The minimum absolute atomic E-state index is 0.122. The number of rotatable bonds is 3. The van der Waals surface area contributed by atoms with Gasteiger partial charge in [0.1, 0.15) is 0 Å². The summed E-state index contributed by atoms with van der Waals surface area (Å²) in [6, 6.07) is 9.41. The highest BCUT2D eigenvalue weighted by molar-refractivity contribution is 6.04. The summed E-state index contributed by atoms with van der Waals surface area (Å²) in [5.41, 5.74) is 1.35. The van der Waals surface area contributed by atoms with Crippen LogP contribution in [0.4, 0.5) is 5.69 Å². The van der Waals surface area contributed by atoms with Crippen LogP contribution in [0.15, 0.2) is 42.7 Å². The van der Waals surface area contributed by atoms with E-state index in [4.69, 9.17) is 4.74 Å². The number of benzene rings is 1. The lowest BCUT2D eigenvalue weighted by molar-refractivity contribution is 0.102. The van der Waals surface area contributed by atoms with E-state index in [9.17, 15) is 4.79 Å². The van der Waals surface area contributed by atoms with Gasteiger partial charge in [0.25, 0.3) is 5.91 Å². The number of hydrogen-bond donors (Lipinski definition) is 1. The van der Waals surface area contributed by atoms with Crippen molar-refractivity contribution >= 4 is 11.6 Å². The molecule has 1 atom stereocenters. The summed E-state index contributed by atoms with van der Waals surface area (Å²) in [6.07, 6.45) is 4.48. The Kier molecular flexibility index (Phi) is 3.29. The lowest BCUT2D eigenvalue weighted by atomic mass is 10.2. The van der Waals surface area contributed by atoms with Crippen molar-refractivity contribution in [2.75, 3.05) is 18.5 Å². The van der Waals surface area contributed by atoms with E-state index < -0.39 is 0 Å². The number of aromatic nitrogens is 2. The molecule has 1 N–H and O–H groups in total. The first-order valence-corrected chi connectivity index (χ1v) is 6.31. The maximum Gasteiger partial charge on any atom is 0.255 e. The zero-order valence-corrected chi connectivity index (χ0v) is 10.5. The Balaban J connectivity index is 1.68. The second-order valence-corrected chi connectivity index (χ2v) is 4.55. The SMILES string of the molecule is O=C(Nc1cnn([C@H]2CCOC2)c1)c1ccccc1. The molecule has 0 spiro atoms. The predicted octanol–water partition coefficient (Wildman–Crippen LogP) is 2.10. The first-order valence-electron chi connectivity index (χ1n) is 6.31. The highest BCUT2D eigenvalue weighted by Gasteiger charge is 2.18. The van der Waals surface area contributed by atoms with E-state index in [-0.39, 0.29) is 11.9 Å². The van der Waals surface area contributed by atoms with Crippen LogP contribution in [0, 0.1) is 0 Å². The molecule has 0 radical (unpaired) electrons. The average molecular weight is 257 g/mol. The van der Waals surface area contributed by atoms with E-state index in [1.54, 1.807) is 18.3 Å². The molecule has 1 aliphatic rings. The zero-order valence-electron chi connectivity index (χ0n) is 10.5. The van der Waals surface area contributed by atoms with Crippen LogP contribution >= 0.6 is 0 Å². The van der Waals surface area contributed by atoms with Crippen LogP contribution < -0.4 is 5.32 Å². The Labute approximate surface area is 111 Å². The fourth-order valence-electron chi connectivity index (χ4n) is 2.13. The number of carbonyl (C=O) groups excluding carboxylic acids is 1. The Morgan fingerprint density at radius 2 is 2.21 bits per heavy atom. The average Bonchev–Trinajstić information content (AvgIpc) is 3.10. The third-order valence-corrected chi connectivity index (χ3v) is 3.18. The molecule has 3 rings (SSSR count). The zero-order chi connectivity index (χ0) is 13.1. The molecule has 0 aliphatic carbocycles. The smallest absolute Gasteiger partial charge is 0.255 e. The van der Waals surface area contributed by atoms with Crippen LogP contribution in [0.2, 0.25) is 0 Å². The molecule has 0 unspecified atom stereocenters. The van der Waals surface area contributed by atoms with Gasteiger partial charge < -0.3 is 10.1 Å². The van der Waals surface area contributed by atoms with Crippen LogP contribution in [-0.2, 0) is 4.74 Å². The Hall–Kier alpha value is -2.14. The van der Waals surface area contributed by atoms with Crippen LogP contribution in [0.5, 0.6) is 0 Å². The first kappa shape index (κ1) is 11.9. The normalized spacial score (nSPS) is 18.4. The van der Waals surface area contributed by atoms with E-state index in [0.717, 1.165) is 13.0 Å². The Bertz CT molecular complexity index is 559. The first-order chi connectivity index (χ1) is 9.33. The second kappa shape index (κ2) is 5.24. The van der Waals surface area contributed by atoms with Crippen LogP contribution in [-0.4, -0.2) is 28.9 Å². The fourth-order valence-corrected chi connectivity index (χ4v) is 2.13. The molecule has 1 aromatic heterocycles. The molecule has 1 aliphatic heterocycles. The standard InChI is InChI=1S/C14H15N3O2/c18-14(11-4-2-1-3-5-11)16-12-8-15-17(9-12)13-6-7-19-10-13/h1-5,8-9,13H,6-7,10H2,(H,16,18)/t13-/m0/s1. The van der Waals surface area contributed by atoms with Gasteiger partial charge in [0.2, 0.25) is 0 Å². The van der Waals surface area contributed by atoms with Crippen molar-refractivity contribution in [1.29, 1.82) is 0 Å². The van der Waals surface area contributed by atoms with Crippen LogP contribution in [0.3, 0.4) is 0 Å². The molecule has 1 aromatic carbocycles. The lowest BCUT2D eigenvalue weighted by Gasteiger charge is -2.07. The van der Waals surface area contributed by atoms with Gasteiger partial charge in [-0.3, -0.25) is 9.48 Å². The molecular weight excluding hydrogens is 242 g/mol. The van der Waals surface area contributed by atoms with Crippen molar-refractivity contribution in [2.24, 2.45) is 0 Å². The Morgan fingerprint density at radius 1 is 1.37 bits per heavy atom. The number of hydrogen-bond acceptors (Lipinski definition) is 3. The summed E-state index contributed by atoms with van der Waals surface area (Å²) in [5, 5.41) is 7.11. The number of nitrogens with zero attached hydrogens (tertiary/aromatic N) is 2. The fraction of sp³-hybridized carbons (Fsp3) is 0.286. The molecule has 1 amide bonds. The minimum atomic E-state index is -0.122. The summed E-state index contributed by atoms with van der Waals surface area (Å²) in [6.45, 7) is 1.46. The molecule has 1 saturated heterocycles. The summed E-state index contributed by atoms with van der Waals surface area (Å²) < 4.78 is 7.18. The maximum atomic E-state index is 12.0. The molecule has 1 fully saturated rings. The maximum absolute atomic E-state index is 12.0. The Morgan fingerprint density at radius 3 is 2.95 bits per heavy atom. The summed E-state index contributed by atoms with van der Waals surface area (Å²) in [7, 11) is 0. The minimum Gasteiger partial charge on any atom is -0.379 e. The lowest BCUT2D eigenvalue weighted by Crippen LogP contribution is -2.11. The molecule has 98 valence electrons. The number of carbonyl (C=O) groups is 1. The van der Waals surface area contributed by atoms with Gasteiger partial charge in [-0.05, 0) is 18.6 Å². The van der Waals surface area contributed by atoms with Gasteiger partial charge in [-0.2, -0.15) is 5.10 Å². The van der Waals surface area contributed by atoms with Crippen molar-refractivity contribution in [2.45, 2.75) is 12.5 Å². The van der Waals surface area contributed by atoms with E-state index in [0.29, 0.717) is 17.9 Å². The summed E-state index contributed by atoms with van der Waals surface area (Å²) in [4.78, 5) is 12.0. The van der Waals surface area contributed by atoms with Gasteiger partial charge in [0.05, 0.1) is 24.5 Å². The van der Waals surface area contributed by atoms with Gasteiger partial charge in [0.15, 0.2) is 0 Å². The van der Waals surface area contributed by atoms with E-state index in [2.05, 4.69) is 10.4 Å². The molecular formula is C14H15N3O2. The number of amides is 1. The van der Waals surface area contributed by atoms with E-state index in [1.165, 1.54) is 0 Å². The molecule has 19 heavy (non-hydrogen) atoms. The van der Waals surface area contributed by atoms with Gasteiger partial charge in [-0.25, -0.2) is 0 Å². The van der Waals surface area contributed by atoms with Crippen molar-refractivity contribution in [3.63, 3.8) is 0 Å². The van der Waals surface area contributed by atoms with E-state index >= 15 is 0 Å². The number of ether oxygens (including phenoxy) is 1. The molecule has 5 heteroatoms. The number of anilines is 1. The highest BCUT2D eigenvalue weighted by Crippen LogP contribution is 2.19. The van der Waals surface area contributed by atoms with Crippen LogP contribution in [0.1, 0.15) is 22.8 Å². The third-order valence-electron chi connectivity index (χ3n) is 3.18. The highest BCUT2D eigenvalue weighted by atomic mass is 16.5. The van der Waals surface area contributed by atoms with Gasteiger partial charge in [-0.15, -0.1) is 0 Å². The summed E-state index contributed by atoms with van der Waals surface area (Å²) >= 11 is 0. The summed E-state index contributed by atoms with van der Waals surface area (Å²) in [5.74, 6) is -0.122. The van der Waals surface area contributed by atoms with Gasteiger partial charge in [-0.1, -0.05) is 18.2 Å². The molecule has 5 nitrogen and oxygen atoms in total. The van der Waals surface area contributed by atoms with Crippen LogP contribution in [0.25, 0.3) is 0 Å². The monoisotopic (exact) mass is 257 g/mol. The van der Waals surface area contributed by atoms with Gasteiger partial charge in [0, 0.05) is 18.4 Å². The topological polar surface area (TPSA) is 56.2 Å². The molecule has 0 bridgehead atoms. The molecule has 0 saturated carbocycles. The quantitative estimate of drug-likeness (QED) is 0.916. The third kappa shape index (κ3) is 2.66. The van der Waals surface area contributed by atoms with Crippen molar-refractivity contribution in [3.05, 3.63) is 48.3 Å². The predicted molar refractivity (Wildman–Crippen MR) is 71.1 cm³/mol. The van der Waals surface area contributed by atoms with E-state index in [1.807, 2.05) is 29.1 Å². The van der Waals surface area contributed by atoms with Gasteiger partial charge >= 0.3 is 0 Å².